The number of anilines is 1. The van der Waals surface area contributed by atoms with E-state index in [4.69, 9.17) is 5.73 Å². The Labute approximate surface area is 171 Å². The van der Waals surface area contributed by atoms with Gasteiger partial charge in [-0.2, -0.15) is 0 Å². The fourth-order valence-electron chi connectivity index (χ4n) is 3.00. The number of aromatic nitrogens is 3. The second kappa shape index (κ2) is 10.9. The van der Waals surface area contributed by atoms with Gasteiger partial charge in [-0.1, -0.05) is 6.07 Å². The van der Waals surface area contributed by atoms with E-state index in [9.17, 15) is 0 Å². The van der Waals surface area contributed by atoms with E-state index in [1.807, 2.05) is 24.3 Å². The normalized spacial score (nSPS) is 17.5. The molecule has 2 aromatic heterocycles. The molecule has 0 aliphatic carbocycles. The molecule has 0 bridgehead atoms. The maximum Gasteiger partial charge on any atom is 0.225 e. The third-order valence-electron chi connectivity index (χ3n) is 4.29. The topological polar surface area (TPSA) is 92.3 Å². The second-order valence-electron chi connectivity index (χ2n) is 6.23. The number of nitrogens with one attached hydrogen (secondary N) is 1. The predicted molar refractivity (Wildman–Crippen MR) is 115 cm³/mol. The van der Waals surface area contributed by atoms with Crippen LogP contribution in [0.2, 0.25) is 0 Å². The number of hydrogen-bond acceptors (Lipinski definition) is 5. The molecular weight excluding hydrogens is 441 g/mol. The van der Waals surface area contributed by atoms with Crippen molar-refractivity contribution >= 4 is 35.9 Å². The van der Waals surface area contributed by atoms with Gasteiger partial charge in [-0.25, -0.2) is 9.97 Å². The van der Waals surface area contributed by atoms with E-state index in [2.05, 4.69) is 30.2 Å². The first-order chi connectivity index (χ1) is 12.3. The highest BCUT2D eigenvalue weighted by Gasteiger charge is 2.21. The van der Waals surface area contributed by atoms with Crippen molar-refractivity contribution in [3.05, 3.63) is 48.5 Å². The Bertz CT molecular complexity index is 666. The van der Waals surface area contributed by atoms with Crippen molar-refractivity contribution in [2.24, 2.45) is 16.6 Å². The van der Waals surface area contributed by atoms with Crippen LogP contribution in [0.5, 0.6) is 0 Å². The van der Waals surface area contributed by atoms with Gasteiger partial charge in [-0.15, -0.1) is 24.0 Å². The number of nitrogens with zero attached hydrogens (tertiary/aromatic N) is 5. The van der Waals surface area contributed by atoms with Crippen molar-refractivity contribution in [2.75, 3.05) is 31.1 Å². The van der Waals surface area contributed by atoms with Crippen LogP contribution in [0.4, 0.5) is 5.95 Å². The third-order valence-corrected chi connectivity index (χ3v) is 4.29. The lowest BCUT2D eigenvalue weighted by molar-refractivity contribution is 0.420. The van der Waals surface area contributed by atoms with E-state index in [0.29, 0.717) is 11.9 Å². The average molecular weight is 467 g/mol. The standard InChI is InChI=1S/C18H25N7.HI/c19-17(21-11-7-16-6-1-2-8-20-16)24-13-15-5-3-12-25(14-15)18-22-9-4-10-23-18;/h1-2,4,6,8-10,15H,3,5,7,11-14H2,(H3,19,21,24);1H. The van der Waals surface area contributed by atoms with E-state index in [-0.39, 0.29) is 24.0 Å². The van der Waals surface area contributed by atoms with Crippen LogP contribution in [0, 0.1) is 5.92 Å². The number of aliphatic imine (C=N–C) groups is 1. The van der Waals surface area contributed by atoms with Crippen molar-refractivity contribution in [3.63, 3.8) is 0 Å². The van der Waals surface area contributed by atoms with Crippen molar-refractivity contribution in [3.8, 4) is 0 Å². The molecule has 0 radical (unpaired) electrons. The molecule has 0 aromatic carbocycles. The number of pyridine rings is 1. The highest BCUT2D eigenvalue weighted by Crippen LogP contribution is 2.20. The quantitative estimate of drug-likeness (QED) is 0.383. The molecule has 3 N–H and O–H groups in total. The number of halogens is 1. The molecule has 0 saturated carbocycles. The maximum absolute atomic E-state index is 5.98. The summed E-state index contributed by atoms with van der Waals surface area (Å²) in [5, 5.41) is 3.16. The Kier molecular flexibility index (Phi) is 8.52. The molecule has 2 aromatic rings. The van der Waals surface area contributed by atoms with Gasteiger partial charge in [-0.05, 0) is 37.0 Å². The Balaban J connectivity index is 0.00000243. The lowest BCUT2D eigenvalue weighted by Crippen LogP contribution is -2.39. The van der Waals surface area contributed by atoms with Crippen LogP contribution in [-0.2, 0) is 6.42 Å². The Morgan fingerprint density at radius 1 is 1.19 bits per heavy atom. The highest BCUT2D eigenvalue weighted by molar-refractivity contribution is 14.0. The molecule has 1 aliphatic rings. The first-order valence-electron chi connectivity index (χ1n) is 8.77. The number of guanidine groups is 1. The number of hydrogen-bond donors (Lipinski definition) is 2. The van der Waals surface area contributed by atoms with Gasteiger partial charge in [0.25, 0.3) is 0 Å². The van der Waals surface area contributed by atoms with Crippen LogP contribution < -0.4 is 16.0 Å². The van der Waals surface area contributed by atoms with E-state index in [0.717, 1.165) is 57.1 Å². The summed E-state index contributed by atoms with van der Waals surface area (Å²) in [4.78, 5) is 19.7. The lowest BCUT2D eigenvalue weighted by atomic mass is 9.98. The zero-order valence-electron chi connectivity index (χ0n) is 14.8. The number of nitrogens with two attached hydrogens (primary N) is 1. The van der Waals surface area contributed by atoms with Gasteiger partial charge in [0.05, 0.1) is 0 Å². The Morgan fingerprint density at radius 2 is 2.00 bits per heavy atom. The van der Waals surface area contributed by atoms with Gasteiger partial charge in [-0.3, -0.25) is 9.98 Å². The van der Waals surface area contributed by atoms with Crippen LogP contribution in [0.3, 0.4) is 0 Å². The summed E-state index contributed by atoms with van der Waals surface area (Å²) < 4.78 is 0. The molecule has 1 saturated heterocycles. The first kappa shape index (κ1) is 20.3. The van der Waals surface area contributed by atoms with Crippen LogP contribution in [0.25, 0.3) is 0 Å². The van der Waals surface area contributed by atoms with Gasteiger partial charge in [0.15, 0.2) is 5.96 Å². The van der Waals surface area contributed by atoms with Crippen molar-refractivity contribution in [1.82, 2.24) is 20.3 Å². The highest BCUT2D eigenvalue weighted by atomic mass is 127. The summed E-state index contributed by atoms with van der Waals surface area (Å²) in [6.07, 6.45) is 8.50. The Morgan fingerprint density at radius 3 is 2.77 bits per heavy atom. The molecule has 140 valence electrons. The predicted octanol–water partition coefficient (Wildman–Crippen LogP) is 1.85. The van der Waals surface area contributed by atoms with Crippen LogP contribution in [0.1, 0.15) is 18.5 Å². The zero-order valence-corrected chi connectivity index (χ0v) is 17.1. The van der Waals surface area contributed by atoms with Crippen LogP contribution >= 0.6 is 24.0 Å². The van der Waals surface area contributed by atoms with Crippen molar-refractivity contribution in [2.45, 2.75) is 19.3 Å². The van der Waals surface area contributed by atoms with Gasteiger partial charge < -0.3 is 16.0 Å². The molecule has 0 amide bonds. The van der Waals surface area contributed by atoms with Crippen LogP contribution in [-0.4, -0.2) is 47.1 Å². The molecule has 8 heteroatoms. The smallest absolute Gasteiger partial charge is 0.225 e. The Hall–Kier alpha value is -1.97. The zero-order chi connectivity index (χ0) is 17.3. The minimum atomic E-state index is 0. The number of rotatable bonds is 6. The summed E-state index contributed by atoms with van der Waals surface area (Å²) >= 11 is 0. The molecule has 3 heterocycles. The minimum absolute atomic E-state index is 0. The molecule has 0 spiro atoms. The molecule has 7 nitrogen and oxygen atoms in total. The van der Waals surface area contributed by atoms with E-state index in [1.165, 1.54) is 0 Å². The fourth-order valence-corrected chi connectivity index (χ4v) is 3.00. The molecule has 1 fully saturated rings. The minimum Gasteiger partial charge on any atom is -0.370 e. The summed E-state index contributed by atoms with van der Waals surface area (Å²) in [6.45, 7) is 3.39. The summed E-state index contributed by atoms with van der Waals surface area (Å²) in [5.74, 6) is 1.79. The molecular formula is C18H26IN7. The molecule has 1 unspecified atom stereocenters. The van der Waals surface area contributed by atoms with Gasteiger partial charge in [0.2, 0.25) is 5.95 Å². The largest absolute Gasteiger partial charge is 0.370 e. The van der Waals surface area contributed by atoms with Crippen molar-refractivity contribution in [1.29, 1.82) is 0 Å². The molecule has 1 aliphatic heterocycles. The number of piperidine rings is 1. The van der Waals surface area contributed by atoms with Gasteiger partial charge >= 0.3 is 0 Å². The lowest BCUT2D eigenvalue weighted by Gasteiger charge is -2.31. The first-order valence-corrected chi connectivity index (χ1v) is 8.77. The summed E-state index contributed by atoms with van der Waals surface area (Å²) in [6, 6.07) is 7.76. The maximum atomic E-state index is 5.98. The molecule has 26 heavy (non-hydrogen) atoms. The van der Waals surface area contributed by atoms with E-state index in [1.54, 1.807) is 18.6 Å². The average Bonchev–Trinajstić information content (AvgIpc) is 2.68. The van der Waals surface area contributed by atoms with E-state index < -0.39 is 0 Å². The monoisotopic (exact) mass is 467 g/mol. The van der Waals surface area contributed by atoms with Gasteiger partial charge in [0, 0.05) is 56.9 Å². The third kappa shape index (κ3) is 6.40. The molecule has 3 rings (SSSR count). The van der Waals surface area contributed by atoms with Crippen LogP contribution in [0.15, 0.2) is 47.8 Å². The fraction of sp³-hybridized carbons (Fsp3) is 0.444. The van der Waals surface area contributed by atoms with E-state index >= 15 is 0 Å². The SMILES string of the molecule is I.NC(=NCC1CCCN(c2ncccn2)C1)NCCc1ccccn1. The second-order valence-corrected chi connectivity index (χ2v) is 6.23. The summed E-state index contributed by atoms with van der Waals surface area (Å²) in [5.41, 5.74) is 7.03. The van der Waals surface area contributed by atoms with Crippen molar-refractivity contribution < 1.29 is 0 Å². The van der Waals surface area contributed by atoms with Gasteiger partial charge in [0.1, 0.15) is 0 Å². The molecule has 1 atom stereocenters. The summed E-state index contributed by atoms with van der Waals surface area (Å²) in [7, 11) is 0.